The van der Waals surface area contributed by atoms with Gasteiger partial charge in [-0.05, 0) is 62.8 Å². The first-order chi connectivity index (χ1) is 10.4. The fraction of sp³-hybridized carbons (Fsp3) is 0.476. The lowest BCUT2D eigenvalue weighted by molar-refractivity contribution is 0.221. The van der Waals surface area contributed by atoms with Crippen molar-refractivity contribution < 1.29 is 4.39 Å². The van der Waals surface area contributed by atoms with Crippen LogP contribution >= 0.6 is 0 Å². The van der Waals surface area contributed by atoms with Crippen molar-refractivity contribution in [2.45, 2.75) is 61.1 Å². The van der Waals surface area contributed by atoms with Crippen molar-refractivity contribution in [2.24, 2.45) is 10.4 Å². The molecule has 1 nitrogen and oxygen atoms in total. The van der Waals surface area contributed by atoms with E-state index in [9.17, 15) is 4.39 Å². The van der Waals surface area contributed by atoms with E-state index in [0.717, 1.165) is 22.4 Å². The molecule has 0 unspecified atom stereocenters. The Morgan fingerprint density at radius 3 is 2.13 bits per heavy atom. The van der Waals surface area contributed by atoms with Crippen molar-refractivity contribution in [3.63, 3.8) is 0 Å². The van der Waals surface area contributed by atoms with Crippen LogP contribution in [0.25, 0.3) is 0 Å². The lowest BCUT2D eigenvalue weighted by atomic mass is 9.82. The first-order valence-corrected chi connectivity index (χ1v) is 8.07. The lowest BCUT2D eigenvalue weighted by Gasteiger charge is -2.24. The Hall–Kier alpha value is -1.70. The number of aryl methyl sites for hydroxylation is 1. The normalized spacial score (nSPS) is 14.6. The first-order valence-electron chi connectivity index (χ1n) is 8.07. The Morgan fingerprint density at radius 2 is 1.70 bits per heavy atom. The van der Waals surface area contributed by atoms with Gasteiger partial charge in [0, 0.05) is 11.8 Å². The highest BCUT2D eigenvalue weighted by molar-refractivity contribution is 6.14. The quantitative estimate of drug-likeness (QED) is 0.561. The van der Waals surface area contributed by atoms with Crippen molar-refractivity contribution in [3.8, 4) is 0 Å². The van der Waals surface area contributed by atoms with Gasteiger partial charge in [-0.2, -0.15) is 0 Å². The van der Waals surface area contributed by atoms with Gasteiger partial charge in [0.05, 0.1) is 5.71 Å². The van der Waals surface area contributed by atoms with Gasteiger partial charge in [-0.3, -0.25) is 4.99 Å². The molecule has 23 heavy (non-hydrogen) atoms. The highest BCUT2D eigenvalue weighted by Gasteiger charge is 2.23. The van der Waals surface area contributed by atoms with Gasteiger partial charge in [0.25, 0.3) is 0 Å². The zero-order valence-corrected chi connectivity index (χ0v) is 15.8. The number of nitrogens with zero attached hydrogens (tertiary/aromatic N) is 1. The van der Waals surface area contributed by atoms with E-state index in [4.69, 9.17) is 0 Å². The Morgan fingerprint density at radius 1 is 1.13 bits per heavy atom. The molecule has 0 heterocycles. The smallest absolute Gasteiger partial charge is 0.130 e. The molecule has 0 aliphatic heterocycles. The SMILES string of the molecule is C=CN=C(/C(C)=C(\C)C(C)(C)C)c1cc(C(C)(C)F)ccc1C. The second-order valence-electron chi connectivity index (χ2n) is 7.66. The van der Waals surface area contributed by atoms with Gasteiger partial charge >= 0.3 is 0 Å². The summed E-state index contributed by atoms with van der Waals surface area (Å²) in [6.45, 7) is 19.7. The van der Waals surface area contributed by atoms with E-state index >= 15 is 0 Å². The van der Waals surface area contributed by atoms with E-state index in [2.05, 4.69) is 46.2 Å². The summed E-state index contributed by atoms with van der Waals surface area (Å²) in [4.78, 5) is 4.51. The zero-order chi connectivity index (χ0) is 18.0. The Bertz CT molecular complexity index is 649. The van der Waals surface area contributed by atoms with E-state index in [-0.39, 0.29) is 5.41 Å². The van der Waals surface area contributed by atoms with Crippen molar-refractivity contribution in [1.29, 1.82) is 0 Å². The van der Waals surface area contributed by atoms with Crippen LogP contribution < -0.4 is 0 Å². The standard InChI is InChI=1S/C21H30FN/c1-10-23-19(15(3)16(4)20(5,6)7)18-13-17(21(8,9)22)12-11-14(18)2/h10-13H,1H2,2-9H3/b16-15+,23-19?. The van der Waals surface area contributed by atoms with E-state index in [0.29, 0.717) is 5.56 Å². The molecule has 1 aromatic rings. The Kier molecular flexibility index (Phi) is 5.74. The van der Waals surface area contributed by atoms with Crippen LogP contribution in [0, 0.1) is 12.3 Å². The Balaban J connectivity index is 3.62. The molecule has 0 aromatic heterocycles. The van der Waals surface area contributed by atoms with Crippen molar-refractivity contribution in [2.75, 3.05) is 0 Å². The van der Waals surface area contributed by atoms with Gasteiger partial charge in [0.2, 0.25) is 0 Å². The minimum atomic E-state index is -1.38. The van der Waals surface area contributed by atoms with Gasteiger partial charge in [-0.15, -0.1) is 0 Å². The van der Waals surface area contributed by atoms with Gasteiger partial charge < -0.3 is 0 Å². The molecule has 0 saturated heterocycles. The third-order valence-corrected chi connectivity index (χ3v) is 4.44. The van der Waals surface area contributed by atoms with Crippen LogP contribution in [0.4, 0.5) is 4.39 Å². The summed E-state index contributed by atoms with van der Waals surface area (Å²) in [5, 5.41) is 0. The molecule has 0 N–H and O–H groups in total. The predicted octanol–water partition coefficient (Wildman–Crippen LogP) is 6.51. The second-order valence-corrected chi connectivity index (χ2v) is 7.66. The van der Waals surface area contributed by atoms with Crippen molar-refractivity contribution in [3.05, 3.63) is 58.8 Å². The maximum atomic E-state index is 14.4. The monoisotopic (exact) mass is 315 g/mol. The molecule has 0 bridgehead atoms. The number of halogens is 1. The number of hydrogen-bond acceptors (Lipinski definition) is 1. The number of aliphatic imine (C=N–C) groups is 1. The molecule has 1 rings (SSSR count). The van der Waals surface area contributed by atoms with E-state index < -0.39 is 5.67 Å². The molecule has 0 aliphatic carbocycles. The number of allylic oxidation sites excluding steroid dienone is 2. The molecule has 0 fully saturated rings. The molecule has 2 heteroatoms. The predicted molar refractivity (Wildman–Crippen MR) is 99.9 cm³/mol. The summed E-state index contributed by atoms with van der Waals surface area (Å²) in [7, 11) is 0. The van der Waals surface area contributed by atoms with Crippen LogP contribution in [-0.4, -0.2) is 5.71 Å². The van der Waals surface area contributed by atoms with E-state index in [1.165, 1.54) is 5.57 Å². The number of alkyl halides is 1. The molecule has 0 radical (unpaired) electrons. The maximum absolute atomic E-state index is 14.4. The minimum Gasteiger partial charge on any atom is -0.257 e. The third-order valence-electron chi connectivity index (χ3n) is 4.44. The molecular formula is C21H30FN. The van der Waals surface area contributed by atoms with Crippen LogP contribution in [0.5, 0.6) is 0 Å². The molecule has 0 atom stereocenters. The summed E-state index contributed by atoms with van der Waals surface area (Å²) in [5.74, 6) is 0. The van der Waals surface area contributed by atoms with Gasteiger partial charge in [-0.1, -0.05) is 45.1 Å². The lowest BCUT2D eigenvalue weighted by Crippen LogP contribution is -2.16. The van der Waals surface area contributed by atoms with Crippen LogP contribution in [0.1, 0.15) is 65.2 Å². The molecule has 1 aromatic carbocycles. The fourth-order valence-corrected chi connectivity index (χ4v) is 2.45. The molecule has 0 spiro atoms. The fourth-order valence-electron chi connectivity index (χ4n) is 2.45. The van der Waals surface area contributed by atoms with Crippen LogP contribution in [0.15, 0.2) is 47.1 Å². The number of hydrogen-bond donors (Lipinski definition) is 0. The van der Waals surface area contributed by atoms with Gasteiger partial charge in [0.15, 0.2) is 0 Å². The van der Waals surface area contributed by atoms with Crippen LogP contribution in [0.3, 0.4) is 0 Å². The number of benzene rings is 1. The summed E-state index contributed by atoms with van der Waals surface area (Å²) in [6, 6.07) is 5.72. The van der Waals surface area contributed by atoms with Crippen LogP contribution in [0.2, 0.25) is 0 Å². The molecule has 0 saturated carbocycles. The summed E-state index contributed by atoms with van der Waals surface area (Å²) in [6.07, 6.45) is 1.56. The van der Waals surface area contributed by atoms with Crippen LogP contribution in [-0.2, 0) is 5.67 Å². The summed E-state index contributed by atoms with van der Waals surface area (Å²) >= 11 is 0. The molecule has 0 aliphatic rings. The average Bonchev–Trinajstić information content (AvgIpc) is 2.42. The highest BCUT2D eigenvalue weighted by Crippen LogP contribution is 2.31. The third kappa shape index (κ3) is 4.63. The minimum absolute atomic E-state index is 0.0525. The molecular weight excluding hydrogens is 285 g/mol. The molecule has 0 amide bonds. The van der Waals surface area contributed by atoms with E-state index in [1.807, 2.05) is 25.1 Å². The van der Waals surface area contributed by atoms with Crippen molar-refractivity contribution >= 4 is 5.71 Å². The Labute approximate surface area is 141 Å². The van der Waals surface area contributed by atoms with Gasteiger partial charge in [-0.25, -0.2) is 4.39 Å². The average molecular weight is 315 g/mol. The largest absolute Gasteiger partial charge is 0.257 e. The maximum Gasteiger partial charge on any atom is 0.130 e. The first kappa shape index (κ1) is 19.3. The van der Waals surface area contributed by atoms with E-state index in [1.54, 1.807) is 20.0 Å². The topological polar surface area (TPSA) is 12.4 Å². The zero-order valence-electron chi connectivity index (χ0n) is 15.8. The second kappa shape index (κ2) is 6.82. The van der Waals surface area contributed by atoms with Gasteiger partial charge in [0.1, 0.15) is 5.67 Å². The summed E-state index contributed by atoms with van der Waals surface area (Å²) in [5.41, 5.74) is 4.65. The number of rotatable bonds is 4. The molecule has 126 valence electrons. The highest BCUT2D eigenvalue weighted by atomic mass is 19.1. The summed E-state index contributed by atoms with van der Waals surface area (Å²) < 4.78 is 14.4. The van der Waals surface area contributed by atoms with Crippen molar-refractivity contribution in [1.82, 2.24) is 0 Å².